The summed E-state index contributed by atoms with van der Waals surface area (Å²) in [6.45, 7) is 3.53. The third-order valence-corrected chi connectivity index (χ3v) is 4.79. The SMILES string of the molecule is CNCc1sc(C2CN(C)CCO2)nc1-c1ccccc1. The molecule has 5 heteroatoms. The van der Waals surface area contributed by atoms with E-state index in [2.05, 4.69) is 41.5 Å². The number of likely N-dealkylation sites (N-methyl/N-ethyl adjacent to an activating group) is 1. The third-order valence-electron chi connectivity index (χ3n) is 3.64. The molecule has 1 saturated heterocycles. The van der Waals surface area contributed by atoms with Crippen LogP contribution in [0.3, 0.4) is 0 Å². The van der Waals surface area contributed by atoms with Crippen LogP contribution in [0.15, 0.2) is 30.3 Å². The van der Waals surface area contributed by atoms with Crippen LogP contribution in [-0.4, -0.2) is 43.7 Å². The second kappa shape index (κ2) is 6.66. The molecule has 0 saturated carbocycles. The molecule has 2 aromatic rings. The molecular formula is C16H21N3OS. The van der Waals surface area contributed by atoms with Crippen LogP contribution in [0.1, 0.15) is 16.0 Å². The lowest BCUT2D eigenvalue weighted by Gasteiger charge is -2.28. The fraction of sp³-hybridized carbons (Fsp3) is 0.438. The molecule has 1 N–H and O–H groups in total. The molecule has 1 fully saturated rings. The fourth-order valence-electron chi connectivity index (χ4n) is 2.54. The molecule has 0 bridgehead atoms. The summed E-state index contributed by atoms with van der Waals surface area (Å²) in [6, 6.07) is 10.4. The maximum Gasteiger partial charge on any atom is 0.124 e. The highest BCUT2D eigenvalue weighted by Crippen LogP contribution is 2.33. The van der Waals surface area contributed by atoms with Gasteiger partial charge in [-0.25, -0.2) is 4.98 Å². The van der Waals surface area contributed by atoms with Crippen molar-refractivity contribution in [1.82, 2.24) is 15.2 Å². The highest BCUT2D eigenvalue weighted by Gasteiger charge is 2.24. The number of nitrogens with one attached hydrogen (secondary N) is 1. The van der Waals surface area contributed by atoms with Gasteiger partial charge >= 0.3 is 0 Å². The predicted molar refractivity (Wildman–Crippen MR) is 86.5 cm³/mol. The van der Waals surface area contributed by atoms with Crippen molar-refractivity contribution >= 4 is 11.3 Å². The lowest BCUT2D eigenvalue weighted by Crippen LogP contribution is -2.35. The predicted octanol–water partition coefficient (Wildman–Crippen LogP) is 2.53. The summed E-state index contributed by atoms with van der Waals surface area (Å²) in [7, 11) is 4.11. The van der Waals surface area contributed by atoms with Crippen LogP contribution in [-0.2, 0) is 11.3 Å². The number of rotatable bonds is 4. The second-order valence-corrected chi connectivity index (χ2v) is 6.46. The molecule has 4 nitrogen and oxygen atoms in total. The minimum absolute atomic E-state index is 0.0989. The van der Waals surface area contributed by atoms with Crippen LogP contribution >= 0.6 is 11.3 Å². The molecule has 1 aromatic carbocycles. The van der Waals surface area contributed by atoms with Crippen LogP contribution in [0.2, 0.25) is 0 Å². The Morgan fingerprint density at radius 2 is 2.19 bits per heavy atom. The Labute approximate surface area is 129 Å². The maximum absolute atomic E-state index is 5.90. The van der Waals surface area contributed by atoms with Crippen molar-refractivity contribution in [2.45, 2.75) is 12.6 Å². The zero-order valence-electron chi connectivity index (χ0n) is 12.5. The Hall–Kier alpha value is -1.27. The second-order valence-electron chi connectivity index (χ2n) is 5.34. The van der Waals surface area contributed by atoms with Crippen molar-refractivity contribution in [3.8, 4) is 11.3 Å². The monoisotopic (exact) mass is 303 g/mol. The first-order chi connectivity index (χ1) is 10.3. The van der Waals surface area contributed by atoms with E-state index in [-0.39, 0.29) is 6.10 Å². The van der Waals surface area contributed by atoms with Gasteiger partial charge in [-0.2, -0.15) is 0 Å². The van der Waals surface area contributed by atoms with E-state index in [1.165, 1.54) is 10.4 Å². The number of nitrogens with zero attached hydrogens (tertiary/aromatic N) is 2. The summed E-state index contributed by atoms with van der Waals surface area (Å²) in [6.07, 6.45) is 0.0989. The minimum atomic E-state index is 0.0989. The zero-order chi connectivity index (χ0) is 14.7. The van der Waals surface area contributed by atoms with Crippen molar-refractivity contribution in [2.75, 3.05) is 33.8 Å². The van der Waals surface area contributed by atoms with Gasteiger partial charge in [0.1, 0.15) is 11.1 Å². The summed E-state index contributed by atoms with van der Waals surface area (Å²) in [4.78, 5) is 8.46. The van der Waals surface area contributed by atoms with Crippen molar-refractivity contribution in [3.63, 3.8) is 0 Å². The maximum atomic E-state index is 5.90. The number of aromatic nitrogens is 1. The highest BCUT2D eigenvalue weighted by molar-refractivity contribution is 7.12. The van der Waals surface area contributed by atoms with Crippen molar-refractivity contribution in [3.05, 3.63) is 40.2 Å². The molecule has 1 aliphatic heterocycles. The van der Waals surface area contributed by atoms with E-state index in [1.807, 2.05) is 13.1 Å². The molecule has 0 amide bonds. The molecule has 0 spiro atoms. The molecule has 3 rings (SSSR count). The first-order valence-electron chi connectivity index (χ1n) is 7.27. The fourth-order valence-corrected chi connectivity index (χ4v) is 3.68. The molecule has 0 radical (unpaired) electrons. The lowest BCUT2D eigenvalue weighted by atomic mass is 10.1. The van der Waals surface area contributed by atoms with Crippen molar-refractivity contribution in [2.24, 2.45) is 0 Å². The van der Waals surface area contributed by atoms with E-state index < -0.39 is 0 Å². The Morgan fingerprint density at radius 1 is 1.38 bits per heavy atom. The van der Waals surface area contributed by atoms with Crippen molar-refractivity contribution in [1.29, 1.82) is 0 Å². The Morgan fingerprint density at radius 3 is 2.90 bits per heavy atom. The van der Waals surface area contributed by atoms with Crippen molar-refractivity contribution < 1.29 is 4.74 Å². The number of benzene rings is 1. The average molecular weight is 303 g/mol. The van der Waals surface area contributed by atoms with E-state index in [0.717, 1.165) is 36.9 Å². The number of thiazole rings is 1. The number of ether oxygens (including phenoxy) is 1. The van der Waals surface area contributed by atoms with Gasteiger partial charge in [0.05, 0.1) is 12.3 Å². The van der Waals surface area contributed by atoms with E-state index in [9.17, 15) is 0 Å². The minimum Gasteiger partial charge on any atom is -0.368 e. The van der Waals surface area contributed by atoms with Crippen LogP contribution < -0.4 is 5.32 Å². The van der Waals surface area contributed by atoms with Gasteiger partial charge in [0.15, 0.2) is 0 Å². The quantitative estimate of drug-likeness (QED) is 0.942. The molecule has 1 aliphatic rings. The number of hydrogen-bond acceptors (Lipinski definition) is 5. The van der Waals surface area contributed by atoms with Gasteiger partial charge in [0.2, 0.25) is 0 Å². The Kier molecular flexibility index (Phi) is 4.65. The highest BCUT2D eigenvalue weighted by atomic mass is 32.1. The molecule has 112 valence electrons. The van der Waals surface area contributed by atoms with Gasteiger partial charge in [-0.3, -0.25) is 0 Å². The van der Waals surface area contributed by atoms with Gasteiger partial charge in [0, 0.05) is 30.1 Å². The molecule has 2 heterocycles. The largest absolute Gasteiger partial charge is 0.368 e. The summed E-state index contributed by atoms with van der Waals surface area (Å²) < 4.78 is 5.90. The van der Waals surface area contributed by atoms with E-state index in [1.54, 1.807) is 11.3 Å². The number of hydrogen-bond donors (Lipinski definition) is 1. The van der Waals surface area contributed by atoms with Crippen LogP contribution in [0.25, 0.3) is 11.3 Å². The Balaban J connectivity index is 1.92. The van der Waals surface area contributed by atoms with Crippen LogP contribution in [0.4, 0.5) is 0 Å². The van der Waals surface area contributed by atoms with Gasteiger partial charge in [-0.15, -0.1) is 11.3 Å². The standard InChI is InChI=1S/C16H21N3OS/c1-17-10-14-15(12-6-4-3-5-7-12)18-16(21-14)13-11-19(2)8-9-20-13/h3-7,13,17H,8-11H2,1-2H3. The summed E-state index contributed by atoms with van der Waals surface area (Å²) in [5.41, 5.74) is 2.26. The molecular weight excluding hydrogens is 282 g/mol. The summed E-state index contributed by atoms with van der Waals surface area (Å²) >= 11 is 1.76. The van der Waals surface area contributed by atoms with Gasteiger partial charge in [-0.05, 0) is 14.1 Å². The first kappa shape index (κ1) is 14.7. The van der Waals surface area contributed by atoms with Gasteiger partial charge in [-0.1, -0.05) is 30.3 Å². The van der Waals surface area contributed by atoms with Gasteiger partial charge in [0.25, 0.3) is 0 Å². The van der Waals surface area contributed by atoms with Crippen LogP contribution in [0, 0.1) is 0 Å². The van der Waals surface area contributed by atoms with E-state index in [4.69, 9.17) is 9.72 Å². The normalized spacial score (nSPS) is 19.8. The van der Waals surface area contributed by atoms with E-state index >= 15 is 0 Å². The van der Waals surface area contributed by atoms with Gasteiger partial charge < -0.3 is 15.0 Å². The number of morpholine rings is 1. The molecule has 1 unspecified atom stereocenters. The lowest BCUT2D eigenvalue weighted by molar-refractivity contribution is -0.0209. The summed E-state index contributed by atoms with van der Waals surface area (Å²) in [5.74, 6) is 0. The Bertz CT molecular complexity index is 584. The first-order valence-corrected chi connectivity index (χ1v) is 8.09. The zero-order valence-corrected chi connectivity index (χ0v) is 13.3. The third kappa shape index (κ3) is 3.32. The van der Waals surface area contributed by atoms with E-state index in [0.29, 0.717) is 0 Å². The summed E-state index contributed by atoms with van der Waals surface area (Å²) in [5, 5.41) is 4.33. The molecule has 1 aromatic heterocycles. The topological polar surface area (TPSA) is 37.4 Å². The smallest absolute Gasteiger partial charge is 0.124 e. The molecule has 1 atom stereocenters. The average Bonchev–Trinajstić information content (AvgIpc) is 2.93. The molecule has 21 heavy (non-hydrogen) atoms. The van der Waals surface area contributed by atoms with Crippen LogP contribution in [0.5, 0.6) is 0 Å². The molecule has 0 aliphatic carbocycles.